The largest absolute Gasteiger partial charge is 0.493 e. The van der Waals surface area contributed by atoms with Crippen LogP contribution in [0.5, 0.6) is 11.5 Å². The number of methoxy groups -OCH3 is 2. The maximum atomic E-state index is 12.4. The molecule has 0 saturated carbocycles. The molecule has 1 aliphatic heterocycles. The van der Waals surface area contributed by atoms with Gasteiger partial charge in [0.05, 0.1) is 14.2 Å². The number of hydrogen-bond acceptors (Lipinski definition) is 6. The minimum atomic E-state index is -0.00610. The molecular weight excluding hydrogens is 332 g/mol. The van der Waals surface area contributed by atoms with Gasteiger partial charge in [0.2, 0.25) is 11.9 Å². The van der Waals surface area contributed by atoms with Gasteiger partial charge in [0.25, 0.3) is 0 Å². The van der Waals surface area contributed by atoms with E-state index in [-0.39, 0.29) is 5.91 Å². The molecule has 0 unspecified atom stereocenters. The van der Waals surface area contributed by atoms with Crippen molar-refractivity contribution in [1.82, 2.24) is 14.9 Å². The predicted molar refractivity (Wildman–Crippen MR) is 99.4 cm³/mol. The van der Waals surface area contributed by atoms with Crippen LogP contribution in [-0.4, -0.2) is 61.2 Å². The van der Waals surface area contributed by atoms with Crippen molar-refractivity contribution in [3.63, 3.8) is 0 Å². The molecule has 1 aliphatic rings. The van der Waals surface area contributed by atoms with Gasteiger partial charge in [0, 0.05) is 44.6 Å². The first-order chi connectivity index (χ1) is 12.7. The molecule has 7 nitrogen and oxygen atoms in total. The maximum Gasteiger partial charge on any atom is 0.246 e. The molecule has 0 N–H and O–H groups in total. The number of aromatic nitrogens is 2. The third kappa shape index (κ3) is 4.11. The first-order valence-corrected chi connectivity index (χ1v) is 8.42. The molecular formula is C19H22N4O3. The van der Waals surface area contributed by atoms with E-state index in [1.807, 2.05) is 23.1 Å². The summed E-state index contributed by atoms with van der Waals surface area (Å²) in [6.07, 6.45) is 6.84. The van der Waals surface area contributed by atoms with Crippen LogP contribution in [0.4, 0.5) is 5.95 Å². The lowest BCUT2D eigenvalue weighted by molar-refractivity contribution is -0.126. The van der Waals surface area contributed by atoms with Crippen LogP contribution in [0, 0.1) is 0 Å². The van der Waals surface area contributed by atoms with E-state index < -0.39 is 0 Å². The number of anilines is 1. The Balaban J connectivity index is 1.58. The Hall–Kier alpha value is -3.09. The summed E-state index contributed by atoms with van der Waals surface area (Å²) in [5, 5.41) is 0. The monoisotopic (exact) mass is 354 g/mol. The van der Waals surface area contributed by atoms with Gasteiger partial charge in [-0.15, -0.1) is 0 Å². The summed E-state index contributed by atoms with van der Waals surface area (Å²) in [5.74, 6) is 2.00. The van der Waals surface area contributed by atoms with Crippen LogP contribution in [0.15, 0.2) is 42.7 Å². The number of amides is 1. The number of hydrogen-bond donors (Lipinski definition) is 0. The van der Waals surface area contributed by atoms with Crippen LogP contribution in [0.3, 0.4) is 0 Å². The second kappa shape index (κ2) is 8.33. The SMILES string of the molecule is COc1ccc(/C=C/C(=O)N2CCN(c3ncccn3)CC2)cc1OC. The molecule has 0 radical (unpaired) electrons. The standard InChI is InChI=1S/C19H22N4O3/c1-25-16-6-4-15(14-17(16)26-2)5-7-18(24)22-10-12-23(13-11-22)19-20-8-3-9-21-19/h3-9,14H,10-13H2,1-2H3/b7-5+. The van der Waals surface area contributed by atoms with Crippen molar-refractivity contribution in [2.24, 2.45) is 0 Å². The van der Waals surface area contributed by atoms with E-state index in [0.29, 0.717) is 30.5 Å². The molecule has 2 heterocycles. The van der Waals surface area contributed by atoms with E-state index >= 15 is 0 Å². The van der Waals surface area contributed by atoms with Gasteiger partial charge in [0.1, 0.15) is 0 Å². The number of ether oxygens (including phenoxy) is 2. The third-order valence-corrected chi connectivity index (χ3v) is 4.25. The summed E-state index contributed by atoms with van der Waals surface area (Å²) in [4.78, 5) is 24.8. The molecule has 0 spiro atoms. The minimum absolute atomic E-state index is 0.00610. The lowest BCUT2D eigenvalue weighted by Gasteiger charge is -2.34. The highest BCUT2D eigenvalue weighted by atomic mass is 16.5. The van der Waals surface area contributed by atoms with E-state index in [4.69, 9.17) is 9.47 Å². The highest BCUT2D eigenvalue weighted by molar-refractivity contribution is 5.92. The lowest BCUT2D eigenvalue weighted by atomic mass is 10.2. The second-order valence-corrected chi connectivity index (χ2v) is 5.81. The number of benzene rings is 1. The first-order valence-electron chi connectivity index (χ1n) is 8.42. The highest BCUT2D eigenvalue weighted by Gasteiger charge is 2.21. The number of carbonyl (C=O) groups is 1. The fourth-order valence-electron chi connectivity index (χ4n) is 2.81. The summed E-state index contributed by atoms with van der Waals surface area (Å²) in [6, 6.07) is 7.34. The zero-order valence-corrected chi connectivity index (χ0v) is 15.0. The topological polar surface area (TPSA) is 67.8 Å². The van der Waals surface area contributed by atoms with Crippen LogP contribution in [0.2, 0.25) is 0 Å². The van der Waals surface area contributed by atoms with E-state index in [1.165, 1.54) is 0 Å². The summed E-state index contributed by atoms with van der Waals surface area (Å²) in [5.41, 5.74) is 0.882. The Morgan fingerprint density at radius 1 is 1.04 bits per heavy atom. The van der Waals surface area contributed by atoms with Gasteiger partial charge >= 0.3 is 0 Å². The van der Waals surface area contributed by atoms with Crippen molar-refractivity contribution < 1.29 is 14.3 Å². The summed E-state index contributed by atoms with van der Waals surface area (Å²) in [7, 11) is 3.18. The van der Waals surface area contributed by atoms with Gasteiger partial charge in [-0.05, 0) is 29.8 Å². The van der Waals surface area contributed by atoms with Gasteiger partial charge in [-0.2, -0.15) is 0 Å². The summed E-state index contributed by atoms with van der Waals surface area (Å²) >= 11 is 0. The average Bonchev–Trinajstić information content (AvgIpc) is 2.72. The number of piperazine rings is 1. The highest BCUT2D eigenvalue weighted by Crippen LogP contribution is 2.28. The maximum absolute atomic E-state index is 12.4. The number of nitrogens with zero attached hydrogens (tertiary/aromatic N) is 4. The van der Waals surface area contributed by atoms with E-state index in [2.05, 4.69) is 14.9 Å². The van der Waals surface area contributed by atoms with Crippen molar-refractivity contribution in [2.45, 2.75) is 0 Å². The van der Waals surface area contributed by atoms with E-state index in [1.54, 1.807) is 44.8 Å². The first kappa shape index (κ1) is 17.7. The molecule has 3 rings (SSSR count). The molecule has 0 atom stereocenters. The van der Waals surface area contributed by atoms with Gasteiger partial charge in [-0.3, -0.25) is 4.79 Å². The zero-order valence-electron chi connectivity index (χ0n) is 15.0. The van der Waals surface area contributed by atoms with Crippen LogP contribution >= 0.6 is 0 Å². The molecule has 1 aromatic carbocycles. The fraction of sp³-hybridized carbons (Fsp3) is 0.316. The van der Waals surface area contributed by atoms with Crippen LogP contribution in [0.1, 0.15) is 5.56 Å². The normalized spacial score (nSPS) is 14.5. The molecule has 7 heteroatoms. The van der Waals surface area contributed by atoms with Crippen molar-refractivity contribution in [1.29, 1.82) is 0 Å². The fourth-order valence-corrected chi connectivity index (χ4v) is 2.81. The van der Waals surface area contributed by atoms with Gasteiger partial charge in [-0.25, -0.2) is 9.97 Å². The smallest absolute Gasteiger partial charge is 0.246 e. The third-order valence-electron chi connectivity index (χ3n) is 4.25. The molecule has 0 bridgehead atoms. The molecule has 1 aromatic heterocycles. The Bertz CT molecular complexity index is 772. The lowest BCUT2D eigenvalue weighted by Crippen LogP contribution is -2.48. The molecule has 26 heavy (non-hydrogen) atoms. The minimum Gasteiger partial charge on any atom is -0.493 e. The Labute approximate surface area is 152 Å². The number of rotatable bonds is 5. The van der Waals surface area contributed by atoms with Crippen molar-refractivity contribution in [3.8, 4) is 11.5 Å². The van der Waals surface area contributed by atoms with Crippen LogP contribution in [-0.2, 0) is 4.79 Å². The Kier molecular flexibility index (Phi) is 5.68. The van der Waals surface area contributed by atoms with Crippen LogP contribution < -0.4 is 14.4 Å². The van der Waals surface area contributed by atoms with Crippen molar-refractivity contribution in [3.05, 3.63) is 48.3 Å². The predicted octanol–water partition coefficient (Wildman–Crippen LogP) is 1.86. The molecule has 1 saturated heterocycles. The van der Waals surface area contributed by atoms with Crippen molar-refractivity contribution in [2.75, 3.05) is 45.3 Å². The van der Waals surface area contributed by atoms with Crippen molar-refractivity contribution >= 4 is 17.9 Å². The van der Waals surface area contributed by atoms with E-state index in [0.717, 1.165) is 18.7 Å². The van der Waals surface area contributed by atoms with Gasteiger partial charge in [0.15, 0.2) is 11.5 Å². The van der Waals surface area contributed by atoms with E-state index in [9.17, 15) is 4.79 Å². The average molecular weight is 354 g/mol. The quantitative estimate of drug-likeness (QED) is 0.764. The second-order valence-electron chi connectivity index (χ2n) is 5.81. The van der Waals surface area contributed by atoms with Crippen LogP contribution in [0.25, 0.3) is 6.08 Å². The van der Waals surface area contributed by atoms with Gasteiger partial charge in [-0.1, -0.05) is 6.07 Å². The molecule has 2 aromatic rings. The molecule has 1 fully saturated rings. The van der Waals surface area contributed by atoms with Gasteiger partial charge < -0.3 is 19.3 Å². The molecule has 0 aliphatic carbocycles. The number of carbonyl (C=O) groups excluding carboxylic acids is 1. The molecule has 1 amide bonds. The Morgan fingerprint density at radius 2 is 1.73 bits per heavy atom. The molecule has 136 valence electrons. The summed E-state index contributed by atoms with van der Waals surface area (Å²) in [6.45, 7) is 2.74. The zero-order chi connectivity index (χ0) is 18.4. The Morgan fingerprint density at radius 3 is 2.38 bits per heavy atom. The summed E-state index contributed by atoms with van der Waals surface area (Å²) < 4.78 is 10.5.